The molecular formula is C19H57N3O5W. The first-order valence-corrected chi connectivity index (χ1v) is 6.52. The van der Waals surface area contributed by atoms with Crippen LogP contribution in [0.15, 0.2) is 0 Å². The van der Waals surface area contributed by atoms with Crippen LogP contribution in [0.2, 0.25) is 0 Å². The van der Waals surface area contributed by atoms with Gasteiger partial charge in [-0.1, -0.05) is 71.8 Å². The van der Waals surface area contributed by atoms with Crippen molar-refractivity contribution in [3.05, 3.63) is 7.43 Å². The number of nitrogens with one attached hydrogen (secondary N) is 2. The van der Waals surface area contributed by atoms with Gasteiger partial charge in [0.25, 0.3) is 0 Å². The van der Waals surface area contributed by atoms with E-state index in [-0.39, 0.29) is 83.2 Å². The summed E-state index contributed by atoms with van der Waals surface area (Å²) in [5.74, 6) is 0.0394. The largest absolute Gasteiger partial charge is 2.00 e. The summed E-state index contributed by atoms with van der Waals surface area (Å²) >= 11 is 0. The molecule has 0 aromatic heterocycles. The van der Waals surface area contributed by atoms with Crippen molar-refractivity contribution in [1.82, 2.24) is 10.6 Å². The van der Waals surface area contributed by atoms with Crippen LogP contribution in [0.25, 0.3) is 0 Å². The Morgan fingerprint density at radius 2 is 1.11 bits per heavy atom. The van der Waals surface area contributed by atoms with Crippen molar-refractivity contribution in [1.29, 1.82) is 0 Å². The third-order valence-electron chi connectivity index (χ3n) is 0.675. The molecule has 0 aliphatic carbocycles. The Balaban J connectivity index is -0.00000000696. The summed E-state index contributed by atoms with van der Waals surface area (Å²) in [6.45, 7) is 14.6. The molecule has 0 unspecified atom stereocenters. The van der Waals surface area contributed by atoms with Gasteiger partial charge in [0.2, 0.25) is 5.91 Å². The monoisotopic (exact) mass is 591 g/mol. The summed E-state index contributed by atoms with van der Waals surface area (Å²) in [4.78, 5) is 35.4. The fourth-order valence-corrected chi connectivity index (χ4v) is 0.321. The molecule has 0 heterocycles. The zero-order valence-electron chi connectivity index (χ0n) is 16.0. The van der Waals surface area contributed by atoms with Crippen LogP contribution < -0.4 is 16.4 Å². The molecule has 0 aliphatic heterocycles. The van der Waals surface area contributed by atoms with E-state index in [0.29, 0.717) is 6.54 Å². The molecule has 0 saturated heterocycles. The summed E-state index contributed by atoms with van der Waals surface area (Å²) in [7, 11) is 1.50. The Morgan fingerprint density at radius 1 is 0.893 bits per heavy atom. The Hall–Kier alpha value is -1.07. The number of rotatable bonds is 3. The van der Waals surface area contributed by atoms with E-state index in [2.05, 4.69) is 16.4 Å². The minimum atomic E-state index is 0. The zero-order valence-corrected chi connectivity index (χ0v) is 19.0. The fraction of sp³-hybridized carbons (Fsp3) is 0.789. The quantitative estimate of drug-likeness (QED) is 0.338. The molecule has 2 amide bonds. The molecule has 0 fully saturated rings. The Labute approximate surface area is 193 Å². The average Bonchev–Trinajstić information content (AvgIpc) is 2.47. The normalized spacial score (nSPS) is 3.75. The third-order valence-corrected chi connectivity index (χ3v) is 0.675. The fourth-order valence-electron chi connectivity index (χ4n) is 0.321. The summed E-state index contributed by atoms with van der Waals surface area (Å²) in [6.07, 6.45) is 1.77. The van der Waals surface area contributed by atoms with E-state index in [4.69, 9.17) is 14.4 Å². The van der Waals surface area contributed by atoms with Gasteiger partial charge in [-0.05, 0) is 20.5 Å². The summed E-state index contributed by atoms with van der Waals surface area (Å²) in [5, 5.41) is 4.88. The summed E-state index contributed by atoms with van der Waals surface area (Å²) in [6, 6.07) is 0. The molecule has 0 spiro atoms. The van der Waals surface area contributed by atoms with Crippen molar-refractivity contribution in [2.24, 2.45) is 5.73 Å². The van der Waals surface area contributed by atoms with E-state index in [1.807, 2.05) is 41.5 Å². The number of hydrogen-bond acceptors (Lipinski definition) is 5. The van der Waals surface area contributed by atoms with Crippen molar-refractivity contribution in [3.8, 4) is 0 Å². The van der Waals surface area contributed by atoms with Crippen molar-refractivity contribution >= 4 is 18.5 Å². The van der Waals surface area contributed by atoms with Gasteiger partial charge in [-0.2, -0.15) is 16.0 Å². The third kappa shape index (κ3) is 925. The number of carbonyl (C=O) groups excluding carboxylic acids is 4. The van der Waals surface area contributed by atoms with Crippen LogP contribution in [0.3, 0.4) is 0 Å². The molecule has 6 N–H and O–H groups in total. The second kappa shape index (κ2) is 256. The van der Waals surface area contributed by atoms with Crippen LogP contribution in [0, 0.1) is 7.43 Å². The van der Waals surface area contributed by atoms with Crippen molar-refractivity contribution in [3.63, 3.8) is 0 Å². The van der Waals surface area contributed by atoms with Crippen LogP contribution in [-0.2, 0) is 40.2 Å². The maximum absolute atomic E-state index is 9.93. The smallest absolute Gasteiger partial charge is 0.530 e. The summed E-state index contributed by atoms with van der Waals surface area (Å²) < 4.78 is 0. The molecule has 28 heavy (non-hydrogen) atoms. The number of amides is 2. The maximum Gasteiger partial charge on any atom is 2.00 e. The minimum absolute atomic E-state index is 0. The molecule has 0 atom stereocenters. The van der Waals surface area contributed by atoms with Gasteiger partial charge in [-0.25, -0.2) is 0 Å². The van der Waals surface area contributed by atoms with Gasteiger partial charge < -0.3 is 34.1 Å². The predicted molar refractivity (Wildman–Crippen MR) is 125 cm³/mol. The minimum Gasteiger partial charge on any atom is -0.530 e. The van der Waals surface area contributed by atoms with Gasteiger partial charge in [-0.3, -0.25) is 4.79 Å². The van der Waals surface area contributed by atoms with Gasteiger partial charge in [-0.15, -0.1) is 0 Å². The Kier molecular flexibility index (Phi) is 992. The van der Waals surface area contributed by atoms with Crippen molar-refractivity contribution in [2.45, 2.75) is 85.6 Å². The summed E-state index contributed by atoms with van der Waals surface area (Å²) in [5.41, 5.74) is 4.50. The first kappa shape index (κ1) is 108. The van der Waals surface area contributed by atoms with Crippen molar-refractivity contribution < 1.29 is 45.7 Å². The maximum atomic E-state index is 9.93. The molecule has 9 heteroatoms. The number of carbonyl (C=O) groups is 1. The topological polar surface area (TPSA) is 150 Å². The van der Waals surface area contributed by atoms with Gasteiger partial charge >= 0.3 is 27.2 Å². The molecule has 0 aliphatic rings. The first-order valence-electron chi connectivity index (χ1n) is 6.52. The van der Waals surface area contributed by atoms with E-state index in [0.717, 1.165) is 6.54 Å². The molecule has 0 aromatic rings. The van der Waals surface area contributed by atoms with Gasteiger partial charge in [0.1, 0.15) is 0 Å². The van der Waals surface area contributed by atoms with Crippen molar-refractivity contribution in [2.75, 3.05) is 20.1 Å². The molecule has 184 valence electrons. The van der Waals surface area contributed by atoms with Crippen LogP contribution in [-0.4, -0.2) is 44.1 Å². The van der Waals surface area contributed by atoms with E-state index in [1.165, 1.54) is 20.4 Å². The zero-order chi connectivity index (χ0) is 17.8. The molecule has 0 bridgehead atoms. The van der Waals surface area contributed by atoms with Gasteiger partial charge in [0.05, 0.1) is 0 Å². The predicted octanol–water partition coefficient (Wildman–Crippen LogP) is 3.65. The SMILES string of the molecule is C.C.C.C.C.CC.CC.CCNC(C)=O.CCN[C-]=O.CN.O.O=C=O.[CH3-].[W+2]. The average molecular weight is 592 g/mol. The van der Waals surface area contributed by atoms with E-state index in [1.54, 1.807) is 0 Å². The molecule has 0 rings (SSSR count). The van der Waals surface area contributed by atoms with E-state index >= 15 is 0 Å². The van der Waals surface area contributed by atoms with Gasteiger partial charge in [0, 0.05) is 13.5 Å². The molecule has 0 radical (unpaired) electrons. The van der Waals surface area contributed by atoms with E-state index in [9.17, 15) is 4.79 Å². The first-order chi connectivity index (χ1) is 9.60. The standard InChI is InChI=1S/C4H9NO.C3H6NO.2C2H6.CH5N.CO2.5CH4.CH3.H2O.W/c1-3-5-4(2)6;1-2-4-3-5;3*1-2;2-1-3;;;;;;;;/h3H2,1-2H3,(H,5,6);2H2,1H3,(H,4,5);2*1-2H3;2H2,1H3;;5*1H4;1H3;1H2;/q;-1;;;;;;;;;;-1;;+2. The van der Waals surface area contributed by atoms with Crippen LogP contribution in [0.1, 0.15) is 85.6 Å². The second-order valence-electron chi connectivity index (χ2n) is 1.80. The Morgan fingerprint density at radius 3 is 1.11 bits per heavy atom. The second-order valence-corrected chi connectivity index (χ2v) is 1.80. The molecule has 0 aromatic carbocycles. The number of nitrogens with two attached hydrogens (primary N) is 1. The van der Waals surface area contributed by atoms with Gasteiger partial charge in [0.15, 0.2) is 0 Å². The molecule has 0 saturated carbocycles. The molecule has 8 nitrogen and oxygen atoms in total. The van der Waals surface area contributed by atoms with Crippen LogP contribution in [0.5, 0.6) is 0 Å². The van der Waals surface area contributed by atoms with Crippen LogP contribution >= 0.6 is 0 Å². The van der Waals surface area contributed by atoms with Crippen LogP contribution in [0.4, 0.5) is 0 Å². The Bertz CT molecular complexity index is 183. The molecular weight excluding hydrogens is 534 g/mol. The number of hydrogen-bond donors (Lipinski definition) is 3. The van der Waals surface area contributed by atoms with E-state index < -0.39 is 0 Å².